The number of hydrogen-bond acceptors (Lipinski definition) is 5. The van der Waals surface area contributed by atoms with E-state index >= 15 is 0 Å². The van der Waals surface area contributed by atoms with Gasteiger partial charge in [-0.2, -0.15) is 0 Å². The highest BCUT2D eigenvalue weighted by Crippen LogP contribution is 2.52. The number of hydrogen-bond donors (Lipinski definition) is 1. The van der Waals surface area contributed by atoms with Crippen LogP contribution in [0.4, 0.5) is 5.69 Å². The molecule has 0 saturated carbocycles. The van der Waals surface area contributed by atoms with Crippen molar-refractivity contribution in [2.45, 2.75) is 31.2 Å². The maximum absolute atomic E-state index is 13.0. The molecule has 0 aliphatic carbocycles. The van der Waals surface area contributed by atoms with Crippen molar-refractivity contribution < 1.29 is 19.0 Å². The molecule has 2 unspecified atom stereocenters. The van der Waals surface area contributed by atoms with E-state index in [1.165, 1.54) is 12.8 Å². The molecule has 0 aromatic heterocycles. The standard InChI is InChI=1S/C19H20N2O3.C4H8O/c1-12(20)10-23-13-7-8-15-17(9-13)24-11-19(15)14-5-3-4-6-16(14)21(2)18(19)22;1-2-4-5-3-1/h3-9,12H,10-11,20H2,1-2H3;1-4H2. The molecule has 29 heavy (non-hydrogen) atoms. The van der Waals surface area contributed by atoms with Gasteiger partial charge in [0.05, 0.1) is 0 Å². The maximum Gasteiger partial charge on any atom is 0.245 e. The summed E-state index contributed by atoms with van der Waals surface area (Å²) in [6, 6.07) is 13.5. The van der Waals surface area contributed by atoms with Gasteiger partial charge >= 0.3 is 0 Å². The van der Waals surface area contributed by atoms with E-state index in [0.717, 1.165) is 30.0 Å². The van der Waals surface area contributed by atoms with Gasteiger partial charge in [-0.1, -0.05) is 24.3 Å². The van der Waals surface area contributed by atoms with Gasteiger partial charge in [0, 0.05) is 43.6 Å². The number of fused-ring (bicyclic) bond motifs is 4. The predicted octanol–water partition coefficient (Wildman–Crippen LogP) is 2.86. The molecule has 1 amide bonds. The summed E-state index contributed by atoms with van der Waals surface area (Å²) in [6.07, 6.45) is 2.56. The summed E-state index contributed by atoms with van der Waals surface area (Å²) >= 11 is 0. The van der Waals surface area contributed by atoms with E-state index in [-0.39, 0.29) is 11.9 Å². The van der Waals surface area contributed by atoms with Crippen LogP contribution in [0.15, 0.2) is 42.5 Å². The van der Waals surface area contributed by atoms with Crippen LogP contribution in [0.3, 0.4) is 0 Å². The van der Waals surface area contributed by atoms with Crippen LogP contribution in [0.2, 0.25) is 0 Å². The fourth-order valence-electron chi connectivity index (χ4n) is 4.10. The Morgan fingerprint density at radius 3 is 2.62 bits per heavy atom. The first-order chi connectivity index (χ1) is 14.0. The van der Waals surface area contributed by atoms with Crippen molar-refractivity contribution in [1.82, 2.24) is 0 Å². The molecule has 2 atom stereocenters. The molecule has 2 aromatic carbocycles. The molecular formula is C23H28N2O4. The zero-order valence-electron chi connectivity index (χ0n) is 17.0. The summed E-state index contributed by atoms with van der Waals surface area (Å²) in [4.78, 5) is 14.8. The lowest BCUT2D eigenvalue weighted by Gasteiger charge is -2.21. The van der Waals surface area contributed by atoms with Gasteiger partial charge in [-0.25, -0.2) is 0 Å². The van der Waals surface area contributed by atoms with Gasteiger partial charge in [0.25, 0.3) is 0 Å². The third kappa shape index (κ3) is 3.47. The van der Waals surface area contributed by atoms with E-state index in [4.69, 9.17) is 19.9 Å². The van der Waals surface area contributed by atoms with E-state index in [1.54, 1.807) is 4.90 Å². The van der Waals surface area contributed by atoms with Crippen LogP contribution in [0.25, 0.3) is 0 Å². The van der Waals surface area contributed by atoms with Crippen molar-refractivity contribution in [3.8, 4) is 11.5 Å². The number of amides is 1. The first-order valence-corrected chi connectivity index (χ1v) is 10.1. The molecule has 3 aliphatic rings. The average Bonchev–Trinajstić information content (AvgIpc) is 3.46. The molecule has 2 N–H and O–H groups in total. The zero-order valence-corrected chi connectivity index (χ0v) is 17.0. The monoisotopic (exact) mass is 396 g/mol. The van der Waals surface area contributed by atoms with Crippen molar-refractivity contribution in [1.29, 1.82) is 0 Å². The number of likely N-dealkylation sites (N-methyl/N-ethyl adjacent to an activating group) is 1. The molecule has 3 aliphatic heterocycles. The number of nitrogens with zero attached hydrogens (tertiary/aromatic N) is 1. The van der Waals surface area contributed by atoms with Crippen LogP contribution in [0, 0.1) is 0 Å². The molecule has 0 bridgehead atoms. The number of carbonyl (C=O) groups is 1. The van der Waals surface area contributed by atoms with Crippen LogP contribution < -0.4 is 20.1 Å². The first kappa shape index (κ1) is 19.7. The van der Waals surface area contributed by atoms with Crippen molar-refractivity contribution in [3.05, 3.63) is 53.6 Å². The Hall–Kier alpha value is -2.57. The Morgan fingerprint density at radius 2 is 1.93 bits per heavy atom. The Morgan fingerprint density at radius 1 is 1.17 bits per heavy atom. The number of para-hydroxylation sites is 1. The summed E-state index contributed by atoms with van der Waals surface area (Å²) in [5.41, 5.74) is 7.82. The lowest BCUT2D eigenvalue weighted by molar-refractivity contribution is -0.121. The molecule has 3 heterocycles. The highest BCUT2D eigenvalue weighted by molar-refractivity contribution is 6.11. The van der Waals surface area contributed by atoms with Crippen molar-refractivity contribution >= 4 is 11.6 Å². The summed E-state index contributed by atoms with van der Waals surface area (Å²) in [5.74, 6) is 1.46. The van der Waals surface area contributed by atoms with Crippen LogP contribution in [-0.4, -0.2) is 45.4 Å². The van der Waals surface area contributed by atoms with Gasteiger partial charge in [-0.15, -0.1) is 0 Å². The van der Waals surface area contributed by atoms with Crippen molar-refractivity contribution in [2.24, 2.45) is 5.73 Å². The van der Waals surface area contributed by atoms with E-state index in [2.05, 4.69) is 0 Å². The Kier molecular flexibility index (Phi) is 5.48. The van der Waals surface area contributed by atoms with Crippen molar-refractivity contribution in [3.63, 3.8) is 0 Å². The Labute approximate surface area is 171 Å². The highest BCUT2D eigenvalue weighted by atomic mass is 16.5. The minimum atomic E-state index is -0.750. The van der Waals surface area contributed by atoms with Gasteiger partial charge in [-0.05, 0) is 37.5 Å². The molecule has 2 aromatic rings. The van der Waals surface area contributed by atoms with E-state index in [9.17, 15) is 4.79 Å². The fourth-order valence-corrected chi connectivity index (χ4v) is 4.10. The van der Waals surface area contributed by atoms with Crippen LogP contribution in [0.1, 0.15) is 30.9 Å². The fraction of sp³-hybridized carbons (Fsp3) is 0.435. The number of anilines is 1. The SMILES string of the molecule is C1CCOC1.CC(N)COc1ccc2c(c1)OCC21C(=O)N(C)c2ccccc21. The van der Waals surface area contributed by atoms with Gasteiger partial charge in [0.1, 0.15) is 30.1 Å². The predicted molar refractivity (Wildman–Crippen MR) is 112 cm³/mol. The number of benzene rings is 2. The molecule has 5 rings (SSSR count). The van der Waals surface area contributed by atoms with E-state index in [1.807, 2.05) is 56.4 Å². The minimum Gasteiger partial charge on any atom is -0.492 e. The van der Waals surface area contributed by atoms with Gasteiger partial charge in [-0.3, -0.25) is 4.79 Å². The summed E-state index contributed by atoms with van der Waals surface area (Å²) < 4.78 is 16.5. The maximum atomic E-state index is 13.0. The smallest absolute Gasteiger partial charge is 0.245 e. The number of rotatable bonds is 3. The van der Waals surface area contributed by atoms with Gasteiger partial charge < -0.3 is 24.8 Å². The summed E-state index contributed by atoms with van der Waals surface area (Å²) in [6.45, 7) is 4.65. The van der Waals surface area contributed by atoms with E-state index in [0.29, 0.717) is 24.7 Å². The second-order valence-corrected chi connectivity index (χ2v) is 7.84. The largest absolute Gasteiger partial charge is 0.492 e. The Balaban J connectivity index is 0.000000359. The third-order valence-corrected chi connectivity index (χ3v) is 5.59. The molecule has 6 nitrogen and oxygen atoms in total. The normalized spacial score (nSPS) is 22.6. The molecule has 154 valence electrons. The van der Waals surface area contributed by atoms with Crippen LogP contribution >= 0.6 is 0 Å². The third-order valence-electron chi connectivity index (χ3n) is 5.59. The molecular weight excluding hydrogens is 368 g/mol. The quantitative estimate of drug-likeness (QED) is 0.864. The number of ether oxygens (including phenoxy) is 3. The van der Waals surface area contributed by atoms with Crippen LogP contribution in [-0.2, 0) is 14.9 Å². The topological polar surface area (TPSA) is 74.0 Å². The second kappa shape index (κ2) is 8.05. The van der Waals surface area contributed by atoms with Gasteiger partial charge in [0.15, 0.2) is 0 Å². The molecule has 1 fully saturated rings. The Bertz CT molecular complexity index is 887. The summed E-state index contributed by atoms with van der Waals surface area (Å²) in [7, 11) is 1.81. The van der Waals surface area contributed by atoms with Crippen molar-refractivity contribution in [2.75, 3.05) is 38.4 Å². The highest BCUT2D eigenvalue weighted by Gasteiger charge is 2.55. The molecule has 1 saturated heterocycles. The number of carbonyl (C=O) groups excluding carboxylic acids is 1. The lowest BCUT2D eigenvalue weighted by atomic mass is 9.77. The van der Waals surface area contributed by atoms with Gasteiger partial charge in [0.2, 0.25) is 5.91 Å². The second-order valence-electron chi connectivity index (χ2n) is 7.84. The summed E-state index contributed by atoms with van der Waals surface area (Å²) in [5, 5.41) is 0. The average molecular weight is 396 g/mol. The molecule has 0 radical (unpaired) electrons. The molecule has 6 heteroatoms. The zero-order chi connectivity index (χ0) is 20.4. The van der Waals surface area contributed by atoms with E-state index < -0.39 is 5.41 Å². The molecule has 1 spiro atoms. The minimum absolute atomic E-state index is 0.0394. The number of nitrogens with two attached hydrogens (primary N) is 1. The van der Waals surface area contributed by atoms with Crippen LogP contribution in [0.5, 0.6) is 11.5 Å². The first-order valence-electron chi connectivity index (χ1n) is 10.1. The lowest BCUT2D eigenvalue weighted by Crippen LogP contribution is -2.40.